The number of fused-ring (bicyclic) bond motifs is 3. The highest BCUT2D eigenvalue weighted by Crippen LogP contribution is 2.36. The Labute approximate surface area is 227 Å². The van der Waals surface area contributed by atoms with Gasteiger partial charge in [0, 0.05) is 16.3 Å². The molecule has 182 valence electrons. The molecule has 0 aliphatic carbocycles. The van der Waals surface area contributed by atoms with Gasteiger partial charge >= 0.3 is 0 Å². The minimum atomic E-state index is -0.0572. The van der Waals surface area contributed by atoms with Gasteiger partial charge in [0.05, 0.1) is 27.0 Å². The summed E-state index contributed by atoms with van der Waals surface area (Å²) in [6, 6.07) is 38.3. The fourth-order valence-electron chi connectivity index (χ4n) is 4.96. The van der Waals surface area contributed by atoms with Gasteiger partial charge in [0.15, 0.2) is 4.96 Å². The van der Waals surface area contributed by atoms with Crippen molar-refractivity contribution in [2.75, 3.05) is 0 Å². The Hall–Kier alpha value is -4.45. The molecule has 7 rings (SSSR count). The van der Waals surface area contributed by atoms with Crippen LogP contribution in [0, 0.1) is 0 Å². The van der Waals surface area contributed by atoms with Crippen LogP contribution in [0.4, 0.5) is 0 Å². The topological polar surface area (TPSA) is 39.3 Å². The lowest BCUT2D eigenvalue weighted by Gasteiger charge is -2.15. The molecule has 7 aromatic rings. The van der Waals surface area contributed by atoms with Crippen molar-refractivity contribution in [1.29, 1.82) is 0 Å². The number of thiazole rings is 1. The van der Waals surface area contributed by atoms with E-state index in [0.717, 1.165) is 44.8 Å². The fourth-order valence-corrected chi connectivity index (χ4v) is 6.07. The molecule has 0 saturated carbocycles. The summed E-state index contributed by atoms with van der Waals surface area (Å²) in [5.41, 5.74) is 7.70. The Morgan fingerprint density at radius 1 is 0.763 bits per heavy atom. The van der Waals surface area contributed by atoms with Crippen molar-refractivity contribution in [3.05, 3.63) is 141 Å². The Balaban J connectivity index is 1.56. The predicted molar refractivity (Wildman–Crippen MR) is 157 cm³/mol. The van der Waals surface area contributed by atoms with Gasteiger partial charge < -0.3 is 4.57 Å². The number of imidazole rings is 1. The van der Waals surface area contributed by atoms with Gasteiger partial charge in [-0.2, -0.15) is 0 Å². The van der Waals surface area contributed by atoms with Gasteiger partial charge in [0.25, 0.3) is 5.56 Å². The number of halogens is 1. The molecule has 0 bridgehead atoms. The minimum absolute atomic E-state index is 0.0572. The van der Waals surface area contributed by atoms with E-state index in [0.29, 0.717) is 14.5 Å². The zero-order valence-electron chi connectivity index (χ0n) is 20.1. The maximum atomic E-state index is 13.6. The van der Waals surface area contributed by atoms with Crippen molar-refractivity contribution in [3.63, 3.8) is 0 Å². The normalized spacial score (nSPS) is 12.1. The van der Waals surface area contributed by atoms with Crippen LogP contribution >= 0.6 is 22.9 Å². The molecular weight excluding hydrogens is 510 g/mol. The van der Waals surface area contributed by atoms with E-state index in [4.69, 9.17) is 11.6 Å². The second-order valence-electron chi connectivity index (χ2n) is 9.01. The molecule has 0 aliphatic rings. The molecule has 0 spiro atoms. The van der Waals surface area contributed by atoms with E-state index >= 15 is 0 Å². The van der Waals surface area contributed by atoms with E-state index in [2.05, 4.69) is 39.9 Å². The number of aromatic nitrogens is 3. The minimum Gasteiger partial charge on any atom is -0.309 e. The summed E-state index contributed by atoms with van der Waals surface area (Å²) in [5.74, 6) is 0. The highest BCUT2D eigenvalue weighted by atomic mass is 35.5. The molecule has 0 amide bonds. The Morgan fingerprint density at radius 2 is 1.42 bits per heavy atom. The summed E-state index contributed by atoms with van der Waals surface area (Å²) in [4.78, 5) is 19.0. The molecule has 3 aromatic heterocycles. The van der Waals surface area contributed by atoms with E-state index in [1.807, 2.05) is 91.0 Å². The van der Waals surface area contributed by atoms with Gasteiger partial charge in [-0.3, -0.25) is 4.79 Å². The second kappa shape index (κ2) is 9.14. The zero-order valence-corrected chi connectivity index (χ0v) is 21.7. The first-order valence-electron chi connectivity index (χ1n) is 12.2. The first-order valence-corrected chi connectivity index (χ1v) is 13.4. The van der Waals surface area contributed by atoms with Crippen LogP contribution in [0.15, 0.2) is 120 Å². The van der Waals surface area contributed by atoms with Crippen LogP contribution in [0.5, 0.6) is 0 Å². The lowest BCUT2D eigenvalue weighted by Crippen LogP contribution is -2.22. The number of hydrogen-bond acceptors (Lipinski definition) is 3. The van der Waals surface area contributed by atoms with Crippen LogP contribution in [0.3, 0.4) is 0 Å². The first kappa shape index (κ1) is 22.7. The quantitative estimate of drug-likeness (QED) is 0.241. The number of nitrogens with zero attached hydrogens (tertiary/aromatic N) is 3. The van der Waals surface area contributed by atoms with Gasteiger partial charge in [-0.05, 0) is 59.7 Å². The summed E-state index contributed by atoms with van der Waals surface area (Å²) in [7, 11) is 0. The van der Waals surface area contributed by atoms with E-state index in [1.54, 1.807) is 4.40 Å². The summed E-state index contributed by atoms with van der Waals surface area (Å²) in [6.07, 6.45) is 2.00. The Bertz CT molecular complexity index is 2040. The van der Waals surface area contributed by atoms with Crippen molar-refractivity contribution in [3.8, 4) is 28.2 Å². The summed E-state index contributed by atoms with van der Waals surface area (Å²) in [5, 5.41) is 0.681. The van der Waals surface area contributed by atoms with Crippen LogP contribution in [-0.2, 0) is 0 Å². The molecule has 0 unspecified atom stereocenters. The highest BCUT2D eigenvalue weighted by molar-refractivity contribution is 7.15. The SMILES string of the molecule is O=c1/c(=C\c2cc(-c3ccccc3)n(-c3ccc(Cl)cc3)c2-c2ccccc2)sc2nc3ccccc3n12. The number of para-hydroxylation sites is 2. The molecule has 3 heterocycles. The third-order valence-corrected chi connectivity index (χ3v) is 7.88. The molecular formula is C32H20ClN3OS. The monoisotopic (exact) mass is 529 g/mol. The van der Waals surface area contributed by atoms with Gasteiger partial charge in [-0.1, -0.05) is 95.7 Å². The van der Waals surface area contributed by atoms with Crippen molar-refractivity contribution in [2.45, 2.75) is 0 Å². The maximum absolute atomic E-state index is 13.6. The molecule has 38 heavy (non-hydrogen) atoms. The maximum Gasteiger partial charge on any atom is 0.274 e. The van der Waals surface area contributed by atoms with E-state index in [1.165, 1.54) is 11.3 Å². The number of benzene rings is 4. The smallest absolute Gasteiger partial charge is 0.274 e. The lowest BCUT2D eigenvalue weighted by atomic mass is 10.1. The average Bonchev–Trinajstić information content (AvgIpc) is 3.61. The lowest BCUT2D eigenvalue weighted by molar-refractivity contribution is 1.09. The summed E-state index contributed by atoms with van der Waals surface area (Å²) >= 11 is 7.67. The molecule has 4 nitrogen and oxygen atoms in total. The van der Waals surface area contributed by atoms with Gasteiger partial charge in [0.2, 0.25) is 0 Å². The van der Waals surface area contributed by atoms with Crippen molar-refractivity contribution in [2.24, 2.45) is 0 Å². The molecule has 0 aliphatic heterocycles. The van der Waals surface area contributed by atoms with Crippen molar-refractivity contribution < 1.29 is 0 Å². The standard InChI is InChI=1S/C32H20ClN3OS/c33-24-15-17-25(18-16-24)35-28(21-9-3-1-4-10-21)19-23(30(35)22-11-5-2-6-12-22)20-29-31(37)36-27-14-8-7-13-26(27)34-32(36)38-29/h1-20H/b29-20+. The van der Waals surface area contributed by atoms with Crippen molar-refractivity contribution in [1.82, 2.24) is 14.0 Å². The molecule has 0 atom stereocenters. The average molecular weight is 530 g/mol. The van der Waals surface area contributed by atoms with E-state index < -0.39 is 0 Å². The molecule has 6 heteroatoms. The van der Waals surface area contributed by atoms with Gasteiger partial charge in [0.1, 0.15) is 0 Å². The van der Waals surface area contributed by atoms with Crippen LogP contribution in [0.2, 0.25) is 5.02 Å². The third-order valence-electron chi connectivity index (χ3n) is 6.66. The van der Waals surface area contributed by atoms with E-state index in [-0.39, 0.29) is 5.56 Å². The molecule has 0 fully saturated rings. The third kappa shape index (κ3) is 3.76. The largest absolute Gasteiger partial charge is 0.309 e. The molecule has 0 N–H and O–H groups in total. The number of rotatable bonds is 4. The highest BCUT2D eigenvalue weighted by Gasteiger charge is 2.19. The van der Waals surface area contributed by atoms with Crippen molar-refractivity contribution >= 4 is 45.0 Å². The summed E-state index contributed by atoms with van der Waals surface area (Å²) in [6.45, 7) is 0. The van der Waals surface area contributed by atoms with Crippen LogP contribution in [-0.4, -0.2) is 14.0 Å². The first-order chi connectivity index (χ1) is 18.7. The van der Waals surface area contributed by atoms with Crippen LogP contribution in [0.25, 0.3) is 50.3 Å². The van der Waals surface area contributed by atoms with Crippen LogP contribution < -0.4 is 10.1 Å². The van der Waals surface area contributed by atoms with Crippen LogP contribution in [0.1, 0.15) is 5.56 Å². The second-order valence-corrected chi connectivity index (χ2v) is 10.5. The van der Waals surface area contributed by atoms with Gasteiger partial charge in [-0.15, -0.1) is 0 Å². The Morgan fingerprint density at radius 3 is 2.16 bits per heavy atom. The fraction of sp³-hybridized carbons (Fsp3) is 0. The molecule has 0 saturated heterocycles. The molecule has 0 radical (unpaired) electrons. The Kier molecular flexibility index (Phi) is 5.46. The van der Waals surface area contributed by atoms with Gasteiger partial charge in [-0.25, -0.2) is 9.38 Å². The number of hydrogen-bond donors (Lipinski definition) is 0. The summed E-state index contributed by atoms with van der Waals surface area (Å²) < 4.78 is 4.59. The van der Waals surface area contributed by atoms with E-state index in [9.17, 15) is 4.79 Å². The zero-order chi connectivity index (χ0) is 25.6. The predicted octanol–water partition coefficient (Wildman–Crippen LogP) is 7.24. The molecule has 4 aromatic carbocycles.